The van der Waals surface area contributed by atoms with Gasteiger partial charge in [-0.3, -0.25) is 9.48 Å². The summed E-state index contributed by atoms with van der Waals surface area (Å²) in [5, 5.41) is 8.70. The minimum absolute atomic E-state index is 0.107. The second-order valence-electron chi connectivity index (χ2n) is 6.60. The summed E-state index contributed by atoms with van der Waals surface area (Å²) in [6.07, 6.45) is 1.34. The monoisotopic (exact) mass is 338 g/mol. The van der Waals surface area contributed by atoms with Gasteiger partial charge in [-0.2, -0.15) is 5.10 Å². The van der Waals surface area contributed by atoms with Crippen molar-refractivity contribution in [3.63, 3.8) is 0 Å². The molecule has 0 aliphatic carbocycles. The van der Waals surface area contributed by atoms with Gasteiger partial charge >= 0.3 is 0 Å². The fraction of sp³-hybridized carbons (Fsp3) is 0.400. The molecule has 0 saturated heterocycles. The van der Waals surface area contributed by atoms with E-state index in [4.69, 9.17) is 0 Å². The minimum atomic E-state index is 0.107. The molecule has 0 radical (unpaired) electrons. The van der Waals surface area contributed by atoms with Gasteiger partial charge in [0, 0.05) is 43.0 Å². The number of nitrogens with zero attached hydrogens (tertiary/aromatic N) is 3. The third kappa shape index (κ3) is 4.10. The topological polar surface area (TPSA) is 51.9 Å². The van der Waals surface area contributed by atoms with Gasteiger partial charge in [-0.15, -0.1) is 0 Å². The summed E-state index contributed by atoms with van der Waals surface area (Å²) in [6.45, 7) is 8.37. The van der Waals surface area contributed by atoms with Crippen molar-refractivity contribution in [2.45, 2.75) is 46.7 Å². The third-order valence-electron chi connectivity index (χ3n) is 4.55. The lowest BCUT2D eigenvalue weighted by molar-refractivity contribution is -0.121. The molecule has 1 aromatic carbocycles. The molecule has 0 spiro atoms. The van der Waals surface area contributed by atoms with E-state index in [9.17, 15) is 4.79 Å². The fourth-order valence-electron chi connectivity index (χ4n) is 3.33. The largest absolute Gasteiger partial charge is 0.354 e. The van der Waals surface area contributed by atoms with E-state index >= 15 is 0 Å². The Hall–Kier alpha value is -2.56. The van der Waals surface area contributed by atoms with Crippen LogP contribution in [0.2, 0.25) is 0 Å². The highest BCUT2D eigenvalue weighted by Crippen LogP contribution is 2.18. The van der Waals surface area contributed by atoms with Crippen molar-refractivity contribution in [1.29, 1.82) is 0 Å². The van der Waals surface area contributed by atoms with E-state index < -0.39 is 0 Å². The maximum Gasteiger partial charge on any atom is 0.220 e. The van der Waals surface area contributed by atoms with Crippen LogP contribution in [0.1, 0.15) is 29.9 Å². The lowest BCUT2D eigenvalue weighted by atomic mass is 10.2. The second-order valence-corrected chi connectivity index (χ2v) is 6.60. The van der Waals surface area contributed by atoms with Crippen molar-refractivity contribution in [3.05, 3.63) is 53.5 Å². The van der Waals surface area contributed by atoms with Crippen molar-refractivity contribution < 1.29 is 4.79 Å². The summed E-state index contributed by atoms with van der Waals surface area (Å²) in [4.78, 5) is 12.1. The number of rotatable bonds is 7. The summed E-state index contributed by atoms with van der Waals surface area (Å²) in [6, 6.07) is 12.6. The number of carbonyl (C=O) groups excluding carboxylic acids is 1. The summed E-state index contributed by atoms with van der Waals surface area (Å²) < 4.78 is 4.23. The summed E-state index contributed by atoms with van der Waals surface area (Å²) in [5.74, 6) is 0.107. The van der Waals surface area contributed by atoms with Gasteiger partial charge in [-0.1, -0.05) is 18.2 Å². The Morgan fingerprint density at radius 1 is 1.08 bits per heavy atom. The van der Waals surface area contributed by atoms with Crippen LogP contribution in [-0.2, 0) is 17.9 Å². The molecule has 5 nitrogen and oxygen atoms in total. The molecular weight excluding hydrogens is 312 g/mol. The standard InChI is InChI=1S/C20H26N4O/c1-15-13-17(3)24(22-15)11-6-9-20(25)21-10-12-23-16(2)14-18-7-4-5-8-19(18)23/h4-5,7-8,13-14H,6,9-12H2,1-3H3,(H,21,25). The smallest absolute Gasteiger partial charge is 0.220 e. The first kappa shape index (κ1) is 17.3. The number of para-hydroxylation sites is 1. The van der Waals surface area contributed by atoms with E-state index in [0.29, 0.717) is 13.0 Å². The fourth-order valence-corrected chi connectivity index (χ4v) is 3.33. The zero-order valence-electron chi connectivity index (χ0n) is 15.2. The molecule has 0 fully saturated rings. The molecule has 2 aromatic heterocycles. The first-order chi connectivity index (χ1) is 12.0. The van der Waals surface area contributed by atoms with Crippen LogP contribution in [0.4, 0.5) is 0 Å². The summed E-state index contributed by atoms with van der Waals surface area (Å²) >= 11 is 0. The number of benzene rings is 1. The van der Waals surface area contributed by atoms with Crippen LogP contribution in [0, 0.1) is 20.8 Å². The lowest BCUT2D eigenvalue weighted by Gasteiger charge is -2.10. The van der Waals surface area contributed by atoms with E-state index in [1.54, 1.807) is 0 Å². The van der Waals surface area contributed by atoms with Crippen LogP contribution < -0.4 is 5.32 Å². The summed E-state index contributed by atoms with van der Waals surface area (Å²) in [7, 11) is 0. The Bertz CT molecular complexity index is 875. The van der Waals surface area contributed by atoms with Crippen molar-refractivity contribution >= 4 is 16.8 Å². The van der Waals surface area contributed by atoms with E-state index in [-0.39, 0.29) is 5.91 Å². The predicted molar refractivity (Wildman–Crippen MR) is 101 cm³/mol. The Kier molecular flexibility index (Phi) is 5.22. The molecule has 0 unspecified atom stereocenters. The van der Waals surface area contributed by atoms with Crippen LogP contribution in [0.5, 0.6) is 0 Å². The van der Waals surface area contributed by atoms with Gasteiger partial charge in [0.25, 0.3) is 0 Å². The minimum Gasteiger partial charge on any atom is -0.354 e. The Labute approximate surface area is 148 Å². The van der Waals surface area contributed by atoms with Crippen molar-refractivity contribution in [3.8, 4) is 0 Å². The highest BCUT2D eigenvalue weighted by atomic mass is 16.1. The summed E-state index contributed by atoms with van der Waals surface area (Å²) in [5.41, 5.74) is 4.61. The van der Waals surface area contributed by atoms with Crippen LogP contribution in [-0.4, -0.2) is 26.8 Å². The molecule has 0 saturated carbocycles. The normalized spacial score (nSPS) is 11.2. The molecule has 0 aliphatic heterocycles. The zero-order chi connectivity index (χ0) is 17.8. The Morgan fingerprint density at radius 2 is 1.88 bits per heavy atom. The first-order valence-corrected chi connectivity index (χ1v) is 8.87. The Morgan fingerprint density at radius 3 is 2.64 bits per heavy atom. The van der Waals surface area contributed by atoms with Crippen molar-refractivity contribution in [2.24, 2.45) is 0 Å². The van der Waals surface area contributed by atoms with Gasteiger partial charge < -0.3 is 9.88 Å². The molecular formula is C20H26N4O. The number of amides is 1. The molecule has 2 heterocycles. The molecule has 3 aromatic rings. The molecule has 0 bridgehead atoms. The SMILES string of the molecule is Cc1cc(C)n(CCCC(=O)NCCn2c(C)cc3ccccc32)n1. The van der Waals surface area contributed by atoms with Crippen LogP contribution in [0.25, 0.3) is 10.9 Å². The van der Waals surface area contributed by atoms with Gasteiger partial charge in [0.15, 0.2) is 0 Å². The number of fused-ring (bicyclic) bond motifs is 1. The highest BCUT2D eigenvalue weighted by molar-refractivity contribution is 5.81. The first-order valence-electron chi connectivity index (χ1n) is 8.87. The average molecular weight is 338 g/mol. The zero-order valence-corrected chi connectivity index (χ0v) is 15.2. The molecule has 1 amide bonds. The molecule has 1 N–H and O–H groups in total. The maximum atomic E-state index is 12.1. The molecule has 3 rings (SSSR count). The number of hydrogen-bond acceptors (Lipinski definition) is 2. The second kappa shape index (κ2) is 7.55. The van der Waals surface area contributed by atoms with E-state index in [2.05, 4.69) is 58.3 Å². The van der Waals surface area contributed by atoms with E-state index in [0.717, 1.165) is 30.9 Å². The van der Waals surface area contributed by atoms with Crippen molar-refractivity contribution in [1.82, 2.24) is 19.7 Å². The quantitative estimate of drug-likeness (QED) is 0.718. The number of hydrogen-bond donors (Lipinski definition) is 1. The van der Waals surface area contributed by atoms with Crippen LogP contribution in [0.3, 0.4) is 0 Å². The molecule has 0 atom stereocenters. The predicted octanol–water partition coefficient (Wildman–Crippen LogP) is 3.36. The molecule has 25 heavy (non-hydrogen) atoms. The average Bonchev–Trinajstić information content (AvgIpc) is 3.06. The van der Waals surface area contributed by atoms with Gasteiger partial charge in [0.1, 0.15) is 0 Å². The highest BCUT2D eigenvalue weighted by Gasteiger charge is 2.07. The lowest BCUT2D eigenvalue weighted by Crippen LogP contribution is -2.27. The van der Waals surface area contributed by atoms with Gasteiger partial charge in [0.05, 0.1) is 5.69 Å². The number of carbonyl (C=O) groups is 1. The molecule has 5 heteroatoms. The van der Waals surface area contributed by atoms with Crippen LogP contribution in [0.15, 0.2) is 36.4 Å². The van der Waals surface area contributed by atoms with E-state index in [1.807, 2.05) is 18.5 Å². The number of aromatic nitrogens is 3. The Balaban J connectivity index is 1.44. The van der Waals surface area contributed by atoms with Crippen molar-refractivity contribution in [2.75, 3.05) is 6.54 Å². The number of nitrogens with one attached hydrogen (secondary N) is 1. The van der Waals surface area contributed by atoms with Gasteiger partial charge in [0.2, 0.25) is 5.91 Å². The number of aryl methyl sites for hydroxylation is 4. The maximum absolute atomic E-state index is 12.1. The molecule has 132 valence electrons. The van der Waals surface area contributed by atoms with E-state index in [1.165, 1.54) is 16.6 Å². The molecule has 0 aliphatic rings. The third-order valence-corrected chi connectivity index (χ3v) is 4.55. The van der Waals surface area contributed by atoms with Gasteiger partial charge in [-0.05, 0) is 50.8 Å². The van der Waals surface area contributed by atoms with Crippen LogP contribution >= 0.6 is 0 Å². The van der Waals surface area contributed by atoms with Gasteiger partial charge in [-0.25, -0.2) is 0 Å².